The molecule has 0 bridgehead atoms. The predicted octanol–water partition coefficient (Wildman–Crippen LogP) is 4.00. The van der Waals surface area contributed by atoms with Gasteiger partial charge >= 0.3 is 0 Å². The van der Waals surface area contributed by atoms with Crippen molar-refractivity contribution in [1.29, 1.82) is 0 Å². The van der Waals surface area contributed by atoms with E-state index in [-0.39, 0.29) is 11.9 Å². The summed E-state index contributed by atoms with van der Waals surface area (Å²) >= 11 is 0. The zero-order valence-corrected chi connectivity index (χ0v) is 12.4. The second-order valence-corrected chi connectivity index (χ2v) is 5.42. The molecule has 0 saturated carbocycles. The molecule has 1 unspecified atom stereocenters. The first-order valence-electron chi connectivity index (χ1n) is 7.63. The number of halogens is 1. The van der Waals surface area contributed by atoms with E-state index < -0.39 is 0 Å². The van der Waals surface area contributed by atoms with E-state index in [2.05, 4.69) is 5.32 Å². The van der Waals surface area contributed by atoms with Crippen molar-refractivity contribution in [1.82, 2.24) is 0 Å². The Morgan fingerprint density at radius 3 is 2.68 bits per heavy atom. The van der Waals surface area contributed by atoms with Crippen molar-refractivity contribution >= 4 is 5.69 Å². The summed E-state index contributed by atoms with van der Waals surface area (Å²) in [5, 5.41) is 3.21. The lowest BCUT2D eigenvalue weighted by Crippen LogP contribution is -2.16. The maximum absolute atomic E-state index is 13.5. The van der Waals surface area contributed by atoms with Gasteiger partial charge in [0.15, 0.2) is 0 Å². The van der Waals surface area contributed by atoms with E-state index in [1.54, 1.807) is 12.1 Å². The van der Waals surface area contributed by atoms with Crippen molar-refractivity contribution in [2.24, 2.45) is 0 Å². The molecule has 1 atom stereocenters. The van der Waals surface area contributed by atoms with E-state index in [0.717, 1.165) is 30.9 Å². The first kappa shape index (κ1) is 14.9. The SMILES string of the molecule is Fc1ccccc1CNc1ccc(OCC2CCCO2)cc1. The van der Waals surface area contributed by atoms with Crippen molar-refractivity contribution in [3.05, 3.63) is 59.9 Å². The predicted molar refractivity (Wildman–Crippen MR) is 84.6 cm³/mol. The largest absolute Gasteiger partial charge is 0.491 e. The molecule has 1 N–H and O–H groups in total. The van der Waals surface area contributed by atoms with Crippen LogP contribution in [-0.4, -0.2) is 19.3 Å². The monoisotopic (exact) mass is 301 g/mol. The summed E-state index contributed by atoms with van der Waals surface area (Å²) in [6.07, 6.45) is 2.41. The molecule has 4 heteroatoms. The topological polar surface area (TPSA) is 30.5 Å². The lowest BCUT2D eigenvalue weighted by molar-refractivity contribution is 0.0679. The minimum atomic E-state index is -0.188. The molecular weight excluding hydrogens is 281 g/mol. The lowest BCUT2D eigenvalue weighted by Gasteiger charge is -2.12. The number of benzene rings is 2. The zero-order valence-electron chi connectivity index (χ0n) is 12.4. The molecule has 0 amide bonds. The van der Waals surface area contributed by atoms with Crippen LogP contribution in [0.3, 0.4) is 0 Å². The molecule has 22 heavy (non-hydrogen) atoms. The number of nitrogens with one attached hydrogen (secondary N) is 1. The van der Waals surface area contributed by atoms with Gasteiger partial charge < -0.3 is 14.8 Å². The first-order chi connectivity index (χ1) is 10.8. The molecule has 0 radical (unpaired) electrons. The minimum absolute atomic E-state index is 0.188. The van der Waals surface area contributed by atoms with Gasteiger partial charge in [-0.3, -0.25) is 0 Å². The summed E-state index contributed by atoms with van der Waals surface area (Å²) in [6, 6.07) is 14.5. The van der Waals surface area contributed by atoms with Crippen LogP contribution >= 0.6 is 0 Å². The van der Waals surface area contributed by atoms with Crippen molar-refractivity contribution < 1.29 is 13.9 Å². The van der Waals surface area contributed by atoms with Gasteiger partial charge in [0, 0.05) is 24.4 Å². The Kier molecular flexibility index (Phi) is 4.91. The van der Waals surface area contributed by atoms with Crippen molar-refractivity contribution in [2.45, 2.75) is 25.5 Å². The van der Waals surface area contributed by atoms with Crippen LogP contribution in [0.15, 0.2) is 48.5 Å². The normalized spacial score (nSPS) is 17.4. The molecule has 1 aliphatic rings. The fourth-order valence-corrected chi connectivity index (χ4v) is 2.47. The van der Waals surface area contributed by atoms with Gasteiger partial charge in [0.25, 0.3) is 0 Å². The second-order valence-electron chi connectivity index (χ2n) is 5.42. The molecule has 1 heterocycles. The van der Waals surface area contributed by atoms with Gasteiger partial charge in [0.05, 0.1) is 6.10 Å². The highest BCUT2D eigenvalue weighted by atomic mass is 19.1. The maximum atomic E-state index is 13.5. The van der Waals surface area contributed by atoms with E-state index in [9.17, 15) is 4.39 Å². The Bertz CT molecular complexity index is 594. The van der Waals surface area contributed by atoms with Crippen molar-refractivity contribution in [3.63, 3.8) is 0 Å². The summed E-state index contributed by atoms with van der Waals surface area (Å²) in [6.45, 7) is 1.90. The quantitative estimate of drug-likeness (QED) is 0.875. The first-order valence-corrected chi connectivity index (χ1v) is 7.63. The lowest BCUT2D eigenvalue weighted by atomic mass is 10.2. The van der Waals surface area contributed by atoms with E-state index in [0.29, 0.717) is 18.7 Å². The molecular formula is C18H20FNO2. The number of ether oxygens (including phenoxy) is 2. The van der Waals surface area contributed by atoms with Gasteiger partial charge in [-0.25, -0.2) is 4.39 Å². The third kappa shape index (κ3) is 3.98. The smallest absolute Gasteiger partial charge is 0.128 e. The molecule has 0 aliphatic carbocycles. The Morgan fingerprint density at radius 1 is 1.14 bits per heavy atom. The van der Waals surface area contributed by atoms with Crippen LogP contribution in [0.25, 0.3) is 0 Å². The third-order valence-corrected chi connectivity index (χ3v) is 3.76. The molecule has 1 saturated heterocycles. The molecule has 2 aromatic carbocycles. The summed E-state index contributed by atoms with van der Waals surface area (Å²) in [5.41, 5.74) is 1.59. The molecule has 116 valence electrons. The van der Waals surface area contributed by atoms with E-state index in [4.69, 9.17) is 9.47 Å². The van der Waals surface area contributed by atoms with Gasteiger partial charge in [0.2, 0.25) is 0 Å². The molecule has 0 aromatic heterocycles. The average molecular weight is 301 g/mol. The highest BCUT2D eigenvalue weighted by molar-refractivity contribution is 5.46. The van der Waals surface area contributed by atoms with Gasteiger partial charge in [-0.2, -0.15) is 0 Å². The highest BCUT2D eigenvalue weighted by Gasteiger charge is 2.15. The van der Waals surface area contributed by atoms with Crippen LogP contribution in [-0.2, 0) is 11.3 Å². The average Bonchev–Trinajstić information content (AvgIpc) is 3.07. The molecule has 3 nitrogen and oxygen atoms in total. The number of rotatable bonds is 6. The van der Waals surface area contributed by atoms with Crippen LogP contribution < -0.4 is 10.1 Å². The Labute approximate surface area is 130 Å². The van der Waals surface area contributed by atoms with Crippen LogP contribution in [0.4, 0.5) is 10.1 Å². The zero-order chi connectivity index (χ0) is 15.2. The molecule has 0 spiro atoms. The third-order valence-electron chi connectivity index (χ3n) is 3.76. The fraction of sp³-hybridized carbons (Fsp3) is 0.333. The summed E-state index contributed by atoms with van der Waals surface area (Å²) < 4.78 is 24.8. The standard InChI is InChI=1S/C18H20FNO2/c19-18-6-2-1-4-14(18)12-20-15-7-9-16(10-8-15)22-13-17-5-3-11-21-17/h1-2,4,6-10,17,20H,3,5,11-13H2. The van der Waals surface area contributed by atoms with Crippen LogP contribution in [0.5, 0.6) is 5.75 Å². The summed E-state index contributed by atoms with van der Waals surface area (Å²) in [7, 11) is 0. The molecule has 1 fully saturated rings. The van der Waals surface area contributed by atoms with E-state index >= 15 is 0 Å². The van der Waals surface area contributed by atoms with Gasteiger partial charge in [-0.05, 0) is 43.2 Å². The number of anilines is 1. The summed E-state index contributed by atoms with van der Waals surface area (Å²) in [4.78, 5) is 0. The summed E-state index contributed by atoms with van der Waals surface area (Å²) in [5.74, 6) is 0.637. The van der Waals surface area contributed by atoms with Crippen LogP contribution in [0.1, 0.15) is 18.4 Å². The second kappa shape index (κ2) is 7.27. The molecule has 3 rings (SSSR count). The van der Waals surface area contributed by atoms with Gasteiger partial charge in [-0.15, -0.1) is 0 Å². The number of hydrogen-bond acceptors (Lipinski definition) is 3. The highest BCUT2D eigenvalue weighted by Crippen LogP contribution is 2.19. The molecule has 2 aromatic rings. The van der Waals surface area contributed by atoms with E-state index in [1.807, 2.05) is 30.3 Å². The van der Waals surface area contributed by atoms with Crippen molar-refractivity contribution in [2.75, 3.05) is 18.5 Å². The maximum Gasteiger partial charge on any atom is 0.128 e. The van der Waals surface area contributed by atoms with Crippen LogP contribution in [0, 0.1) is 5.82 Å². The van der Waals surface area contributed by atoms with Gasteiger partial charge in [0.1, 0.15) is 18.2 Å². The number of hydrogen-bond donors (Lipinski definition) is 1. The fourth-order valence-electron chi connectivity index (χ4n) is 2.47. The van der Waals surface area contributed by atoms with Crippen molar-refractivity contribution in [3.8, 4) is 5.75 Å². The Hall–Kier alpha value is -2.07. The Balaban J connectivity index is 1.49. The Morgan fingerprint density at radius 2 is 1.95 bits per heavy atom. The van der Waals surface area contributed by atoms with Gasteiger partial charge in [-0.1, -0.05) is 18.2 Å². The van der Waals surface area contributed by atoms with Crippen LogP contribution in [0.2, 0.25) is 0 Å². The molecule has 1 aliphatic heterocycles. The minimum Gasteiger partial charge on any atom is -0.491 e. The van der Waals surface area contributed by atoms with E-state index in [1.165, 1.54) is 6.07 Å².